The van der Waals surface area contributed by atoms with E-state index in [9.17, 15) is 15.2 Å². The molecule has 2 saturated heterocycles. The van der Waals surface area contributed by atoms with Gasteiger partial charge in [0.1, 0.15) is 11.8 Å². The van der Waals surface area contributed by atoms with Gasteiger partial charge in [-0.05, 0) is 74.3 Å². The number of hydrogen-bond acceptors (Lipinski definition) is 4. The van der Waals surface area contributed by atoms with E-state index in [0.717, 1.165) is 42.5 Å². The lowest BCUT2D eigenvalue weighted by Crippen LogP contribution is -2.45. The second-order valence-electron chi connectivity index (χ2n) is 7.09. The molecule has 2 heterocycles. The number of aryl methyl sites for hydroxylation is 1. The molecule has 5 nitrogen and oxygen atoms in total. The number of hydrogen-bond donors (Lipinski definition) is 2. The van der Waals surface area contributed by atoms with Gasteiger partial charge in [-0.15, -0.1) is 0 Å². The molecule has 0 unspecified atom stereocenters. The molecule has 2 N–H and O–H groups in total. The minimum atomic E-state index is -0.273. The Labute approximate surface area is 143 Å². The van der Waals surface area contributed by atoms with Gasteiger partial charge in [0.25, 0.3) is 0 Å². The minimum Gasteiger partial charge on any atom is -0.508 e. The van der Waals surface area contributed by atoms with Crippen LogP contribution in [0, 0.1) is 32.1 Å². The zero-order valence-corrected chi connectivity index (χ0v) is 14.6. The third-order valence-electron chi connectivity index (χ3n) is 5.66. The summed E-state index contributed by atoms with van der Waals surface area (Å²) in [5, 5.41) is 22.7. The van der Waals surface area contributed by atoms with E-state index in [1.54, 1.807) is 11.0 Å². The molecule has 0 saturated carbocycles. The van der Waals surface area contributed by atoms with Crippen molar-refractivity contribution in [3.05, 3.63) is 28.3 Å². The first-order valence-electron chi connectivity index (χ1n) is 8.67. The summed E-state index contributed by atoms with van der Waals surface area (Å²) < 4.78 is 0. The Hall–Kier alpha value is -2.06. The zero-order valence-electron chi connectivity index (χ0n) is 14.6. The molecule has 2 fully saturated rings. The first-order valence-corrected chi connectivity index (χ1v) is 8.67. The Morgan fingerprint density at radius 1 is 1.38 bits per heavy atom. The summed E-state index contributed by atoms with van der Waals surface area (Å²) in [7, 11) is 0. The first-order chi connectivity index (χ1) is 11.4. The number of phenolic OH excluding ortho intramolecular Hbond substituents is 1. The second-order valence-corrected chi connectivity index (χ2v) is 7.09. The lowest BCUT2D eigenvalue weighted by Gasteiger charge is -2.23. The Kier molecular flexibility index (Phi) is 4.51. The smallest absolute Gasteiger partial charge is 0.240 e. The van der Waals surface area contributed by atoms with Crippen LogP contribution in [0.2, 0.25) is 0 Å². The third kappa shape index (κ3) is 2.76. The maximum Gasteiger partial charge on any atom is 0.240 e. The molecule has 1 aromatic rings. The lowest BCUT2D eigenvalue weighted by molar-refractivity contribution is -0.133. The second kappa shape index (κ2) is 6.45. The Morgan fingerprint density at radius 2 is 2.12 bits per heavy atom. The fourth-order valence-corrected chi connectivity index (χ4v) is 4.17. The Morgan fingerprint density at radius 3 is 2.83 bits per heavy atom. The number of carbonyl (C=O) groups excluding carboxylic acids is 1. The van der Waals surface area contributed by atoms with E-state index >= 15 is 0 Å². The molecule has 2 aliphatic rings. The maximum atomic E-state index is 12.8. The van der Waals surface area contributed by atoms with E-state index in [1.807, 2.05) is 13.8 Å². The number of phenols is 1. The summed E-state index contributed by atoms with van der Waals surface area (Å²) in [5.41, 5.74) is 4.34. The predicted octanol–water partition coefficient (Wildman–Crippen LogP) is 2.28. The summed E-state index contributed by atoms with van der Waals surface area (Å²) >= 11 is 0. The summed E-state index contributed by atoms with van der Waals surface area (Å²) in [4.78, 5) is 14.5. The molecule has 2 aliphatic heterocycles. The van der Waals surface area contributed by atoms with Crippen LogP contribution in [0.3, 0.4) is 0 Å². The lowest BCUT2D eigenvalue weighted by atomic mass is 9.86. The molecule has 24 heavy (non-hydrogen) atoms. The number of rotatable bonds is 2. The van der Waals surface area contributed by atoms with Gasteiger partial charge in [0.15, 0.2) is 0 Å². The number of nitrogens with one attached hydrogen (secondary N) is 1. The van der Waals surface area contributed by atoms with Crippen molar-refractivity contribution in [2.45, 2.75) is 58.0 Å². The average molecular weight is 327 g/mol. The van der Waals surface area contributed by atoms with Crippen LogP contribution >= 0.6 is 0 Å². The molecule has 0 spiro atoms. The van der Waals surface area contributed by atoms with Crippen LogP contribution in [0.25, 0.3) is 0 Å². The van der Waals surface area contributed by atoms with Gasteiger partial charge in [-0.25, -0.2) is 0 Å². The Bertz CT molecular complexity index is 681. The molecule has 0 bridgehead atoms. The van der Waals surface area contributed by atoms with Crippen molar-refractivity contribution in [3.8, 4) is 11.8 Å². The molecule has 1 amide bonds. The van der Waals surface area contributed by atoms with Crippen molar-refractivity contribution in [1.82, 2.24) is 10.2 Å². The highest BCUT2D eigenvalue weighted by Gasteiger charge is 2.38. The van der Waals surface area contributed by atoms with Gasteiger partial charge in [0.2, 0.25) is 5.91 Å². The summed E-state index contributed by atoms with van der Waals surface area (Å²) in [6.45, 7) is 7.44. The van der Waals surface area contributed by atoms with Gasteiger partial charge in [-0.2, -0.15) is 5.26 Å². The largest absolute Gasteiger partial charge is 0.508 e. The quantitative estimate of drug-likeness (QED) is 0.874. The molecule has 128 valence electrons. The monoisotopic (exact) mass is 327 g/mol. The van der Waals surface area contributed by atoms with E-state index in [0.29, 0.717) is 12.3 Å². The average Bonchev–Trinajstić information content (AvgIpc) is 3.22. The van der Waals surface area contributed by atoms with Gasteiger partial charge in [-0.1, -0.05) is 0 Å². The van der Waals surface area contributed by atoms with Crippen LogP contribution in [0.5, 0.6) is 5.75 Å². The number of nitrogens with zero attached hydrogens (tertiary/aromatic N) is 2. The number of likely N-dealkylation sites (tertiary alicyclic amines) is 1. The molecular weight excluding hydrogens is 302 g/mol. The van der Waals surface area contributed by atoms with E-state index in [-0.39, 0.29) is 23.9 Å². The molecule has 3 atom stereocenters. The fourth-order valence-electron chi connectivity index (χ4n) is 4.17. The topological polar surface area (TPSA) is 76.4 Å². The van der Waals surface area contributed by atoms with Crippen LogP contribution < -0.4 is 5.32 Å². The third-order valence-corrected chi connectivity index (χ3v) is 5.66. The van der Waals surface area contributed by atoms with Crippen LogP contribution in [-0.2, 0) is 4.79 Å². The summed E-state index contributed by atoms with van der Waals surface area (Å²) in [6.07, 6.45) is 2.41. The Balaban J connectivity index is 1.79. The van der Waals surface area contributed by atoms with Crippen molar-refractivity contribution < 1.29 is 9.90 Å². The number of carbonyl (C=O) groups is 1. The van der Waals surface area contributed by atoms with Gasteiger partial charge in [-0.3, -0.25) is 4.79 Å². The number of amides is 1. The van der Waals surface area contributed by atoms with Gasteiger partial charge >= 0.3 is 0 Å². The number of aromatic hydroxyl groups is 1. The van der Waals surface area contributed by atoms with Gasteiger partial charge in [0, 0.05) is 13.1 Å². The number of benzene rings is 1. The van der Waals surface area contributed by atoms with Crippen LogP contribution in [0.15, 0.2) is 6.07 Å². The molecule has 1 aromatic carbocycles. The van der Waals surface area contributed by atoms with Gasteiger partial charge < -0.3 is 15.3 Å². The maximum absolute atomic E-state index is 12.8. The van der Waals surface area contributed by atoms with E-state index in [1.165, 1.54) is 5.56 Å². The van der Waals surface area contributed by atoms with Gasteiger partial charge in [0.05, 0.1) is 12.1 Å². The highest BCUT2D eigenvalue weighted by Crippen LogP contribution is 2.36. The predicted molar refractivity (Wildman–Crippen MR) is 91.8 cm³/mol. The molecule has 5 heteroatoms. The van der Waals surface area contributed by atoms with E-state index in [4.69, 9.17) is 0 Å². The molecule has 0 radical (unpaired) electrons. The highest BCUT2D eigenvalue weighted by molar-refractivity contribution is 5.83. The molecule has 3 rings (SSSR count). The van der Waals surface area contributed by atoms with Crippen molar-refractivity contribution in [3.63, 3.8) is 0 Å². The standard InChI is InChI=1S/C19H25N3O2/c1-11-7-17(23)13(3)18(12(11)2)14-8-16(21-10-14)19(24)22-6-4-5-15(22)9-20/h7,14-16,21,23H,4-6,8,10H2,1-3H3/t14-,15-,16-/m0/s1. The minimum absolute atomic E-state index is 0.0498. The molecule has 0 aromatic heterocycles. The first kappa shape index (κ1) is 16.8. The molecular formula is C19H25N3O2. The van der Waals surface area contributed by atoms with Crippen LogP contribution in [0.1, 0.15) is 47.4 Å². The zero-order chi connectivity index (χ0) is 17.4. The molecule has 0 aliphatic carbocycles. The summed E-state index contributed by atoms with van der Waals surface area (Å²) in [5.74, 6) is 0.591. The van der Waals surface area contributed by atoms with Crippen LogP contribution in [-0.4, -0.2) is 41.1 Å². The van der Waals surface area contributed by atoms with E-state index in [2.05, 4.69) is 18.3 Å². The van der Waals surface area contributed by atoms with Crippen molar-refractivity contribution >= 4 is 5.91 Å². The normalized spacial score (nSPS) is 26.6. The van der Waals surface area contributed by atoms with Crippen molar-refractivity contribution in [2.75, 3.05) is 13.1 Å². The fraction of sp³-hybridized carbons (Fsp3) is 0.579. The van der Waals surface area contributed by atoms with Crippen molar-refractivity contribution in [1.29, 1.82) is 5.26 Å². The summed E-state index contributed by atoms with van der Waals surface area (Å²) in [6, 6.07) is 3.54. The number of nitriles is 1. The van der Waals surface area contributed by atoms with Crippen molar-refractivity contribution in [2.24, 2.45) is 0 Å². The van der Waals surface area contributed by atoms with E-state index < -0.39 is 0 Å². The highest BCUT2D eigenvalue weighted by atomic mass is 16.3. The van der Waals surface area contributed by atoms with Crippen LogP contribution in [0.4, 0.5) is 0 Å². The SMILES string of the molecule is Cc1cc(O)c(C)c([C@@H]2CN[C@H](C(=O)N3CCC[C@H]3C#N)C2)c1C.